The number of rotatable bonds is 3. The predicted molar refractivity (Wildman–Crippen MR) is 82.1 cm³/mol. The molecule has 2 aromatic carbocycles. The summed E-state index contributed by atoms with van der Waals surface area (Å²) in [5.41, 5.74) is 1.75. The van der Waals surface area contributed by atoms with Crippen LogP contribution in [0, 0.1) is 0 Å². The molecule has 5 heteroatoms. The van der Waals surface area contributed by atoms with Gasteiger partial charge in [-0.3, -0.25) is 5.10 Å². The molecule has 3 rings (SSSR count). The fourth-order valence-electron chi connectivity index (χ4n) is 2.29. The molecular formula is C16H16N2O2S. The molecule has 21 heavy (non-hydrogen) atoms. The smallest absolute Gasteiger partial charge is 0.223 e. The van der Waals surface area contributed by atoms with Crippen LogP contribution in [-0.2, 0) is 9.84 Å². The number of aromatic amines is 1. The molecule has 1 aromatic heterocycles. The first-order chi connectivity index (χ1) is 10.00. The maximum absolute atomic E-state index is 12.7. The van der Waals surface area contributed by atoms with Gasteiger partial charge in [0.2, 0.25) is 9.84 Å². The minimum atomic E-state index is -3.58. The zero-order valence-electron chi connectivity index (χ0n) is 11.9. The Morgan fingerprint density at radius 3 is 2.43 bits per heavy atom. The predicted octanol–water partition coefficient (Wildman–Crippen LogP) is 3.52. The molecule has 0 saturated carbocycles. The molecule has 0 radical (unpaired) electrons. The standard InChI is InChI=1S/C16H16N2O2S/c1-11(2)12-8-9-15-14(10-12)16(18-17-15)21(19,20)13-6-4-3-5-7-13/h3-11H,1-2H3,(H,17,18). The lowest BCUT2D eigenvalue weighted by molar-refractivity contribution is 0.593. The van der Waals surface area contributed by atoms with E-state index in [9.17, 15) is 8.42 Å². The average molecular weight is 300 g/mol. The Morgan fingerprint density at radius 2 is 1.76 bits per heavy atom. The van der Waals surface area contributed by atoms with Gasteiger partial charge in [-0.15, -0.1) is 0 Å². The topological polar surface area (TPSA) is 62.8 Å². The van der Waals surface area contributed by atoms with Crippen LogP contribution >= 0.6 is 0 Å². The molecule has 0 amide bonds. The summed E-state index contributed by atoms with van der Waals surface area (Å²) in [4.78, 5) is 0.269. The molecule has 0 aliphatic heterocycles. The number of H-pyrrole nitrogens is 1. The molecule has 0 atom stereocenters. The van der Waals surface area contributed by atoms with Crippen LogP contribution in [0.3, 0.4) is 0 Å². The number of hydrogen-bond acceptors (Lipinski definition) is 3. The third kappa shape index (κ3) is 2.34. The number of nitrogens with one attached hydrogen (secondary N) is 1. The highest BCUT2D eigenvalue weighted by atomic mass is 32.2. The van der Waals surface area contributed by atoms with Gasteiger partial charge in [0.15, 0.2) is 5.03 Å². The van der Waals surface area contributed by atoms with Gasteiger partial charge in [0.05, 0.1) is 10.4 Å². The van der Waals surface area contributed by atoms with E-state index in [0.717, 1.165) is 5.56 Å². The van der Waals surface area contributed by atoms with Crippen molar-refractivity contribution in [3.63, 3.8) is 0 Å². The molecule has 0 bridgehead atoms. The lowest BCUT2D eigenvalue weighted by atomic mass is 10.0. The lowest BCUT2D eigenvalue weighted by Crippen LogP contribution is -2.03. The van der Waals surface area contributed by atoms with Crippen molar-refractivity contribution in [1.82, 2.24) is 10.2 Å². The van der Waals surface area contributed by atoms with Crippen LogP contribution in [-0.4, -0.2) is 18.6 Å². The van der Waals surface area contributed by atoms with Crippen LogP contribution in [0.4, 0.5) is 0 Å². The van der Waals surface area contributed by atoms with Gasteiger partial charge in [0.25, 0.3) is 0 Å². The van der Waals surface area contributed by atoms with Gasteiger partial charge in [-0.05, 0) is 35.7 Å². The van der Waals surface area contributed by atoms with Crippen molar-refractivity contribution >= 4 is 20.7 Å². The van der Waals surface area contributed by atoms with E-state index in [2.05, 4.69) is 24.0 Å². The van der Waals surface area contributed by atoms with E-state index in [4.69, 9.17) is 0 Å². The second-order valence-electron chi connectivity index (χ2n) is 5.30. The highest BCUT2D eigenvalue weighted by Gasteiger charge is 2.23. The quantitative estimate of drug-likeness (QED) is 0.805. The van der Waals surface area contributed by atoms with E-state index < -0.39 is 9.84 Å². The van der Waals surface area contributed by atoms with Crippen molar-refractivity contribution < 1.29 is 8.42 Å². The second kappa shape index (κ2) is 5.00. The monoisotopic (exact) mass is 300 g/mol. The normalized spacial score (nSPS) is 12.1. The first-order valence-corrected chi connectivity index (χ1v) is 8.26. The molecule has 4 nitrogen and oxygen atoms in total. The van der Waals surface area contributed by atoms with Crippen molar-refractivity contribution in [3.8, 4) is 0 Å². The summed E-state index contributed by atoms with van der Waals surface area (Å²) >= 11 is 0. The van der Waals surface area contributed by atoms with Gasteiger partial charge < -0.3 is 0 Å². The summed E-state index contributed by atoms with van der Waals surface area (Å²) in [7, 11) is -3.58. The summed E-state index contributed by atoms with van der Waals surface area (Å²) in [6, 6.07) is 14.1. The van der Waals surface area contributed by atoms with E-state index in [0.29, 0.717) is 16.8 Å². The van der Waals surface area contributed by atoms with Gasteiger partial charge in [0.1, 0.15) is 0 Å². The van der Waals surface area contributed by atoms with E-state index in [1.54, 1.807) is 30.3 Å². The van der Waals surface area contributed by atoms with Crippen LogP contribution in [0.1, 0.15) is 25.3 Å². The highest BCUT2D eigenvalue weighted by Crippen LogP contribution is 2.28. The molecule has 0 saturated heterocycles. The Hall–Kier alpha value is -2.14. The number of benzene rings is 2. The average Bonchev–Trinajstić information content (AvgIpc) is 2.91. The first kappa shape index (κ1) is 13.8. The third-order valence-electron chi connectivity index (χ3n) is 3.53. The number of fused-ring (bicyclic) bond motifs is 1. The van der Waals surface area contributed by atoms with Crippen molar-refractivity contribution in [3.05, 3.63) is 54.1 Å². The fourth-order valence-corrected chi connectivity index (χ4v) is 3.66. The molecule has 0 fully saturated rings. The molecule has 1 N–H and O–H groups in total. The van der Waals surface area contributed by atoms with Crippen LogP contribution < -0.4 is 0 Å². The number of aromatic nitrogens is 2. The van der Waals surface area contributed by atoms with Crippen LogP contribution in [0.5, 0.6) is 0 Å². The Kier molecular flexibility index (Phi) is 3.29. The Morgan fingerprint density at radius 1 is 1.05 bits per heavy atom. The van der Waals surface area contributed by atoms with E-state index in [1.807, 2.05) is 18.2 Å². The van der Waals surface area contributed by atoms with Crippen molar-refractivity contribution in [1.29, 1.82) is 0 Å². The number of hydrogen-bond donors (Lipinski definition) is 1. The molecule has 0 aliphatic rings. The highest BCUT2D eigenvalue weighted by molar-refractivity contribution is 7.91. The van der Waals surface area contributed by atoms with Gasteiger partial charge in [0, 0.05) is 5.39 Å². The first-order valence-electron chi connectivity index (χ1n) is 6.78. The Labute approximate surface area is 123 Å². The molecule has 0 spiro atoms. The van der Waals surface area contributed by atoms with Crippen molar-refractivity contribution in [2.24, 2.45) is 0 Å². The number of nitrogens with zero attached hydrogens (tertiary/aromatic N) is 1. The molecule has 0 aliphatic carbocycles. The van der Waals surface area contributed by atoms with E-state index >= 15 is 0 Å². The van der Waals surface area contributed by atoms with Crippen molar-refractivity contribution in [2.75, 3.05) is 0 Å². The van der Waals surface area contributed by atoms with Gasteiger partial charge in [-0.25, -0.2) is 8.42 Å². The Balaban J connectivity index is 2.23. The summed E-state index contributed by atoms with van der Waals surface area (Å²) < 4.78 is 25.4. The van der Waals surface area contributed by atoms with E-state index in [-0.39, 0.29) is 9.92 Å². The molecular weight excluding hydrogens is 284 g/mol. The second-order valence-corrected chi connectivity index (χ2v) is 7.19. The molecule has 0 unspecified atom stereocenters. The largest absolute Gasteiger partial charge is 0.266 e. The summed E-state index contributed by atoms with van der Waals surface area (Å²) in [6.45, 7) is 4.15. The summed E-state index contributed by atoms with van der Waals surface area (Å²) in [5.74, 6) is 0.330. The zero-order chi connectivity index (χ0) is 15.0. The van der Waals surface area contributed by atoms with Gasteiger partial charge in [-0.1, -0.05) is 38.1 Å². The summed E-state index contributed by atoms with van der Waals surface area (Å²) in [6.07, 6.45) is 0. The zero-order valence-corrected chi connectivity index (χ0v) is 12.7. The van der Waals surface area contributed by atoms with Crippen LogP contribution in [0.2, 0.25) is 0 Å². The molecule has 1 heterocycles. The lowest BCUT2D eigenvalue weighted by Gasteiger charge is -2.06. The van der Waals surface area contributed by atoms with Crippen molar-refractivity contribution in [2.45, 2.75) is 29.7 Å². The maximum atomic E-state index is 12.7. The number of sulfone groups is 1. The maximum Gasteiger partial charge on any atom is 0.223 e. The minimum Gasteiger partial charge on any atom is -0.266 e. The van der Waals surface area contributed by atoms with Crippen LogP contribution in [0.15, 0.2) is 58.5 Å². The van der Waals surface area contributed by atoms with E-state index in [1.165, 1.54) is 0 Å². The minimum absolute atomic E-state index is 0.159. The molecule has 108 valence electrons. The molecule has 3 aromatic rings. The van der Waals surface area contributed by atoms with Crippen LogP contribution in [0.25, 0.3) is 10.9 Å². The fraction of sp³-hybridized carbons (Fsp3) is 0.188. The summed E-state index contributed by atoms with van der Waals surface area (Å²) in [5, 5.41) is 7.59. The van der Waals surface area contributed by atoms with Gasteiger partial charge >= 0.3 is 0 Å². The third-order valence-corrected chi connectivity index (χ3v) is 5.27. The SMILES string of the molecule is CC(C)c1ccc2n[nH]c(S(=O)(=O)c3ccccc3)c2c1. The Bertz CT molecular complexity index is 881. The van der Waals surface area contributed by atoms with Gasteiger partial charge in [-0.2, -0.15) is 5.10 Å².